The molecule has 1 atom stereocenters. The Morgan fingerprint density at radius 3 is 2.83 bits per heavy atom. The molecule has 100 valence electrons. The molecule has 0 saturated heterocycles. The van der Waals surface area contributed by atoms with Crippen molar-refractivity contribution in [3.05, 3.63) is 22.2 Å². The Labute approximate surface area is 105 Å². The van der Waals surface area contributed by atoms with Crippen molar-refractivity contribution in [1.82, 2.24) is 4.98 Å². The molecule has 7 heteroatoms. The lowest BCUT2D eigenvalue weighted by molar-refractivity contribution is -0.384. The molecule has 0 aliphatic carbocycles. The highest BCUT2D eigenvalue weighted by Gasteiger charge is 2.19. The highest BCUT2D eigenvalue weighted by molar-refractivity contribution is 5.52. The first-order chi connectivity index (χ1) is 8.34. The van der Waals surface area contributed by atoms with Crippen LogP contribution in [0.3, 0.4) is 0 Å². The van der Waals surface area contributed by atoms with E-state index in [1.165, 1.54) is 12.1 Å². The zero-order valence-corrected chi connectivity index (χ0v) is 10.5. The van der Waals surface area contributed by atoms with E-state index in [1.807, 2.05) is 6.92 Å². The first kappa shape index (κ1) is 14.2. The Morgan fingerprint density at radius 2 is 2.28 bits per heavy atom. The molecule has 1 aromatic rings. The monoisotopic (exact) mass is 254 g/mol. The number of nitrogen functional groups attached to an aromatic ring is 1. The number of nitro groups is 1. The van der Waals surface area contributed by atoms with Crippen molar-refractivity contribution in [2.24, 2.45) is 0 Å². The van der Waals surface area contributed by atoms with Gasteiger partial charge in [-0.3, -0.25) is 10.1 Å². The molecule has 4 N–H and O–H groups in total. The SMILES string of the molecule is CCCC(C)(O)CNc1cc([N+](=O)[O-])cc(N)n1. The molecule has 0 aromatic carbocycles. The molecule has 1 unspecified atom stereocenters. The molecule has 0 amide bonds. The second-order valence-electron chi connectivity index (χ2n) is 4.49. The van der Waals surface area contributed by atoms with Crippen LogP contribution in [0.4, 0.5) is 17.3 Å². The topological polar surface area (TPSA) is 114 Å². The Balaban J connectivity index is 2.76. The summed E-state index contributed by atoms with van der Waals surface area (Å²) in [6.07, 6.45) is 1.48. The van der Waals surface area contributed by atoms with Crippen molar-refractivity contribution in [1.29, 1.82) is 0 Å². The second kappa shape index (κ2) is 5.63. The van der Waals surface area contributed by atoms with Gasteiger partial charge < -0.3 is 16.2 Å². The second-order valence-corrected chi connectivity index (χ2v) is 4.49. The highest BCUT2D eigenvalue weighted by Crippen LogP contribution is 2.20. The first-order valence-corrected chi connectivity index (χ1v) is 5.72. The van der Waals surface area contributed by atoms with E-state index in [0.29, 0.717) is 6.42 Å². The number of nitrogens with zero attached hydrogens (tertiary/aromatic N) is 2. The molecular weight excluding hydrogens is 236 g/mol. The Hall–Kier alpha value is -1.89. The van der Waals surface area contributed by atoms with Crippen molar-refractivity contribution in [3.8, 4) is 0 Å². The number of nitrogens with two attached hydrogens (primary N) is 1. The van der Waals surface area contributed by atoms with Crippen LogP contribution in [0.2, 0.25) is 0 Å². The van der Waals surface area contributed by atoms with Crippen LogP contribution in [0, 0.1) is 10.1 Å². The average molecular weight is 254 g/mol. The van der Waals surface area contributed by atoms with Crippen molar-refractivity contribution in [2.75, 3.05) is 17.6 Å². The van der Waals surface area contributed by atoms with Crippen LogP contribution >= 0.6 is 0 Å². The predicted octanol–water partition coefficient (Wildman–Crippen LogP) is 1.53. The van der Waals surface area contributed by atoms with Crippen LogP contribution in [0.1, 0.15) is 26.7 Å². The number of aliphatic hydroxyl groups is 1. The van der Waals surface area contributed by atoms with Gasteiger partial charge in [-0.15, -0.1) is 0 Å². The van der Waals surface area contributed by atoms with Gasteiger partial charge in [0.15, 0.2) is 0 Å². The smallest absolute Gasteiger partial charge is 0.276 e. The number of nitrogens with one attached hydrogen (secondary N) is 1. The van der Waals surface area contributed by atoms with Gasteiger partial charge in [-0.25, -0.2) is 4.98 Å². The maximum Gasteiger partial charge on any atom is 0.276 e. The van der Waals surface area contributed by atoms with Gasteiger partial charge in [0.2, 0.25) is 0 Å². The quantitative estimate of drug-likeness (QED) is 0.524. The molecule has 0 aliphatic heterocycles. The zero-order chi connectivity index (χ0) is 13.8. The average Bonchev–Trinajstić information content (AvgIpc) is 2.26. The molecule has 18 heavy (non-hydrogen) atoms. The minimum absolute atomic E-state index is 0.0711. The summed E-state index contributed by atoms with van der Waals surface area (Å²) in [5, 5.41) is 23.5. The van der Waals surface area contributed by atoms with Gasteiger partial charge in [-0.1, -0.05) is 13.3 Å². The third kappa shape index (κ3) is 4.17. The van der Waals surface area contributed by atoms with Gasteiger partial charge in [0, 0.05) is 6.54 Å². The predicted molar refractivity (Wildman–Crippen MR) is 69.3 cm³/mol. The molecule has 0 aliphatic rings. The Kier molecular flexibility index (Phi) is 4.43. The molecule has 0 bridgehead atoms. The number of hydrogen-bond donors (Lipinski definition) is 3. The van der Waals surface area contributed by atoms with E-state index in [4.69, 9.17) is 5.73 Å². The molecule has 0 saturated carbocycles. The minimum Gasteiger partial charge on any atom is -0.388 e. The minimum atomic E-state index is -0.879. The zero-order valence-electron chi connectivity index (χ0n) is 10.5. The standard InChI is InChI=1S/C11H18N4O3/c1-3-4-11(2,16)7-13-10-6-8(15(17)18)5-9(12)14-10/h5-6,16H,3-4,7H2,1-2H3,(H3,12,13,14). The summed E-state index contributed by atoms with van der Waals surface area (Å²) in [6, 6.07) is 2.48. The number of anilines is 2. The Morgan fingerprint density at radius 1 is 1.61 bits per heavy atom. The fourth-order valence-corrected chi connectivity index (χ4v) is 1.64. The van der Waals surface area contributed by atoms with E-state index < -0.39 is 10.5 Å². The van der Waals surface area contributed by atoms with Crippen molar-refractivity contribution >= 4 is 17.3 Å². The highest BCUT2D eigenvalue weighted by atomic mass is 16.6. The molecule has 1 heterocycles. The van der Waals surface area contributed by atoms with Gasteiger partial charge in [0.1, 0.15) is 11.6 Å². The maximum atomic E-state index is 10.7. The van der Waals surface area contributed by atoms with E-state index in [-0.39, 0.29) is 23.9 Å². The molecule has 1 rings (SSSR count). The lowest BCUT2D eigenvalue weighted by atomic mass is 10.0. The lowest BCUT2D eigenvalue weighted by Crippen LogP contribution is -2.33. The summed E-state index contributed by atoms with van der Waals surface area (Å²) < 4.78 is 0. The van der Waals surface area contributed by atoms with Gasteiger partial charge in [-0.2, -0.15) is 0 Å². The van der Waals surface area contributed by atoms with Crippen LogP contribution < -0.4 is 11.1 Å². The molecule has 0 spiro atoms. The summed E-state index contributed by atoms with van der Waals surface area (Å²) >= 11 is 0. The van der Waals surface area contributed by atoms with E-state index in [9.17, 15) is 15.2 Å². The van der Waals surface area contributed by atoms with Crippen LogP contribution in [0.25, 0.3) is 0 Å². The number of pyridine rings is 1. The van der Waals surface area contributed by atoms with Crippen molar-refractivity contribution < 1.29 is 10.0 Å². The van der Waals surface area contributed by atoms with Crippen LogP contribution in [-0.2, 0) is 0 Å². The van der Waals surface area contributed by atoms with Gasteiger partial charge in [0.25, 0.3) is 5.69 Å². The number of hydrogen-bond acceptors (Lipinski definition) is 6. The van der Waals surface area contributed by atoms with Crippen molar-refractivity contribution in [2.45, 2.75) is 32.3 Å². The fourth-order valence-electron chi connectivity index (χ4n) is 1.64. The summed E-state index contributed by atoms with van der Waals surface area (Å²) in [4.78, 5) is 14.1. The third-order valence-electron chi connectivity index (χ3n) is 2.48. The first-order valence-electron chi connectivity index (χ1n) is 5.72. The van der Waals surface area contributed by atoms with Crippen molar-refractivity contribution in [3.63, 3.8) is 0 Å². The summed E-state index contributed by atoms with van der Waals surface area (Å²) in [5.74, 6) is 0.361. The van der Waals surface area contributed by atoms with Gasteiger partial charge in [-0.05, 0) is 13.3 Å². The van der Waals surface area contributed by atoms with Crippen LogP contribution in [-0.4, -0.2) is 27.2 Å². The van der Waals surface area contributed by atoms with E-state index in [1.54, 1.807) is 6.92 Å². The van der Waals surface area contributed by atoms with Gasteiger partial charge >= 0.3 is 0 Å². The summed E-state index contributed by atoms with van der Waals surface area (Å²) in [6.45, 7) is 3.93. The van der Waals surface area contributed by atoms with E-state index in [0.717, 1.165) is 6.42 Å². The van der Waals surface area contributed by atoms with E-state index in [2.05, 4.69) is 10.3 Å². The van der Waals surface area contributed by atoms with Crippen LogP contribution in [0.15, 0.2) is 12.1 Å². The molecule has 7 nitrogen and oxygen atoms in total. The normalized spacial score (nSPS) is 13.9. The van der Waals surface area contributed by atoms with E-state index >= 15 is 0 Å². The molecule has 0 fully saturated rings. The number of aromatic nitrogens is 1. The van der Waals surface area contributed by atoms with Crippen LogP contribution in [0.5, 0.6) is 0 Å². The molecule has 0 radical (unpaired) electrons. The third-order valence-corrected chi connectivity index (χ3v) is 2.48. The fraction of sp³-hybridized carbons (Fsp3) is 0.545. The molecular formula is C11H18N4O3. The summed E-state index contributed by atoms with van der Waals surface area (Å²) in [7, 11) is 0. The number of rotatable bonds is 6. The lowest BCUT2D eigenvalue weighted by Gasteiger charge is -2.23. The largest absolute Gasteiger partial charge is 0.388 e. The van der Waals surface area contributed by atoms with Gasteiger partial charge in [0.05, 0.1) is 22.7 Å². The molecule has 1 aromatic heterocycles. The Bertz CT molecular complexity index is 434. The maximum absolute atomic E-state index is 10.7. The summed E-state index contributed by atoms with van der Waals surface area (Å²) in [5.41, 5.74) is 4.47.